The van der Waals surface area contributed by atoms with Gasteiger partial charge in [-0.3, -0.25) is 0 Å². The van der Waals surface area contributed by atoms with E-state index in [9.17, 15) is 21.6 Å². The second-order valence-corrected chi connectivity index (χ2v) is 6.98. The van der Waals surface area contributed by atoms with E-state index in [0.29, 0.717) is 12.0 Å². The lowest BCUT2D eigenvalue weighted by Gasteiger charge is -2.27. The average Bonchev–Trinajstić information content (AvgIpc) is 2.52. The molecule has 0 saturated heterocycles. The summed E-state index contributed by atoms with van der Waals surface area (Å²) in [5, 5.41) is 0. The predicted molar refractivity (Wildman–Crippen MR) is 88.3 cm³/mol. The lowest BCUT2D eigenvalue weighted by atomic mass is 10.1. The van der Waals surface area contributed by atoms with Gasteiger partial charge in [-0.25, -0.2) is 4.31 Å². The van der Waals surface area contributed by atoms with Crippen molar-refractivity contribution in [3.05, 3.63) is 48.6 Å². The Hall–Kier alpha value is -1.94. The van der Waals surface area contributed by atoms with Crippen molar-refractivity contribution in [2.45, 2.75) is 44.2 Å². The van der Waals surface area contributed by atoms with E-state index in [0.717, 1.165) is 6.42 Å². The van der Waals surface area contributed by atoms with Gasteiger partial charge >= 0.3 is 15.5 Å². The Bertz CT molecular complexity index is 688. The minimum Gasteiger partial charge on any atom is -0.217 e. The molecule has 0 spiro atoms. The molecule has 0 saturated carbocycles. The Balaban J connectivity index is 3.30. The molecule has 0 aliphatic carbocycles. The summed E-state index contributed by atoms with van der Waals surface area (Å²) in [6.45, 7) is 5.38. The summed E-state index contributed by atoms with van der Waals surface area (Å²) in [4.78, 5) is 0. The molecule has 0 N–H and O–H groups in total. The molecule has 0 heterocycles. The van der Waals surface area contributed by atoms with Crippen LogP contribution in [0.3, 0.4) is 0 Å². The Morgan fingerprint density at radius 1 is 1.29 bits per heavy atom. The third-order valence-electron chi connectivity index (χ3n) is 3.30. The normalized spacial score (nSPS) is 12.8. The summed E-state index contributed by atoms with van der Waals surface area (Å²) < 4.78 is 63.1. The number of unbranched alkanes of at least 4 members (excludes halogenated alkanes) is 1. The van der Waals surface area contributed by atoms with Crippen LogP contribution in [0.5, 0.6) is 0 Å². The zero-order valence-corrected chi connectivity index (χ0v) is 14.2. The molecule has 0 aliphatic heterocycles. The second kappa shape index (κ2) is 8.78. The van der Waals surface area contributed by atoms with E-state index in [1.807, 2.05) is 6.92 Å². The molecule has 7 heteroatoms. The lowest BCUT2D eigenvalue weighted by molar-refractivity contribution is -0.0484. The van der Waals surface area contributed by atoms with Gasteiger partial charge in [0.05, 0.1) is 6.04 Å². The van der Waals surface area contributed by atoms with Crippen molar-refractivity contribution in [1.82, 2.24) is 4.31 Å². The van der Waals surface area contributed by atoms with Gasteiger partial charge in [-0.15, -0.1) is 6.58 Å². The highest BCUT2D eigenvalue weighted by atomic mass is 32.2. The van der Waals surface area contributed by atoms with Crippen molar-refractivity contribution in [1.29, 1.82) is 0 Å². The fraction of sp³-hybridized carbons (Fsp3) is 0.412. The molecule has 1 aromatic rings. The molecule has 1 rings (SSSR count). The van der Waals surface area contributed by atoms with Gasteiger partial charge in [-0.1, -0.05) is 44.0 Å². The molecule has 0 fully saturated rings. The Kier molecular flexibility index (Phi) is 7.36. The van der Waals surface area contributed by atoms with Crippen molar-refractivity contribution < 1.29 is 21.6 Å². The van der Waals surface area contributed by atoms with Crippen LogP contribution in [0.4, 0.5) is 13.2 Å². The van der Waals surface area contributed by atoms with Crippen LogP contribution in [0, 0.1) is 12.0 Å². The van der Waals surface area contributed by atoms with Gasteiger partial charge in [0, 0.05) is 11.6 Å². The highest BCUT2D eigenvalue weighted by Crippen LogP contribution is 2.30. The fourth-order valence-corrected chi connectivity index (χ4v) is 3.04. The van der Waals surface area contributed by atoms with Crippen molar-refractivity contribution in [2.24, 2.45) is 0 Å². The highest BCUT2D eigenvalue weighted by Gasteiger charge is 2.51. The molecule has 24 heavy (non-hydrogen) atoms. The summed E-state index contributed by atoms with van der Waals surface area (Å²) >= 11 is 0. The first-order chi connectivity index (χ1) is 11.2. The molecular formula is C17H20F3NO2S. The third-order valence-corrected chi connectivity index (χ3v) is 4.79. The number of alkyl halides is 3. The van der Waals surface area contributed by atoms with E-state index in [2.05, 4.69) is 18.5 Å². The number of hydrogen-bond donors (Lipinski definition) is 0. The predicted octanol–water partition coefficient (Wildman–Crippen LogP) is 4.28. The lowest BCUT2D eigenvalue weighted by Crippen LogP contribution is -2.43. The van der Waals surface area contributed by atoms with Crippen molar-refractivity contribution in [3.63, 3.8) is 0 Å². The largest absolute Gasteiger partial charge is 0.517 e. The summed E-state index contributed by atoms with van der Waals surface area (Å²) in [5.41, 5.74) is -4.96. The molecule has 0 amide bonds. The number of halogens is 3. The van der Waals surface area contributed by atoms with Gasteiger partial charge in [0.15, 0.2) is 0 Å². The monoisotopic (exact) mass is 359 g/mol. The van der Waals surface area contributed by atoms with E-state index < -0.39 is 21.6 Å². The second-order valence-electron chi connectivity index (χ2n) is 5.17. The number of sulfonamides is 1. The van der Waals surface area contributed by atoms with Gasteiger partial charge in [-0.05, 0) is 30.9 Å². The Labute approximate surface area is 141 Å². The molecule has 3 nitrogen and oxygen atoms in total. The van der Waals surface area contributed by atoms with Gasteiger partial charge in [0.1, 0.15) is 0 Å². The molecule has 0 bridgehead atoms. The van der Waals surface area contributed by atoms with Gasteiger partial charge in [0.25, 0.3) is 0 Å². The van der Waals surface area contributed by atoms with Crippen LogP contribution in [0.2, 0.25) is 0 Å². The Morgan fingerprint density at radius 2 is 1.92 bits per heavy atom. The first-order valence-corrected chi connectivity index (χ1v) is 8.96. The van der Waals surface area contributed by atoms with Crippen LogP contribution in [-0.4, -0.2) is 24.3 Å². The number of hydrogen-bond acceptors (Lipinski definition) is 2. The molecule has 0 aromatic heterocycles. The molecule has 1 aromatic carbocycles. The first kappa shape index (κ1) is 20.1. The summed E-state index contributed by atoms with van der Waals surface area (Å²) in [6.07, 6.45) is 3.11. The quantitative estimate of drug-likeness (QED) is 0.414. The summed E-state index contributed by atoms with van der Waals surface area (Å²) in [5.74, 6) is 2.50. The highest BCUT2D eigenvalue weighted by molar-refractivity contribution is 7.90. The van der Waals surface area contributed by atoms with Crippen LogP contribution in [0.1, 0.15) is 38.2 Å². The maximum atomic E-state index is 13.0. The Morgan fingerprint density at radius 3 is 2.42 bits per heavy atom. The zero-order valence-electron chi connectivity index (χ0n) is 13.4. The molecule has 0 aliphatic rings. The van der Waals surface area contributed by atoms with Crippen molar-refractivity contribution in [2.75, 3.05) is 0 Å². The third kappa shape index (κ3) is 5.31. The average molecular weight is 359 g/mol. The standard InChI is InChI=1S/C17H20F3NO2S/c1-3-5-12-16(9-4-2)21(24(22,23)17(18,19)20)14-13-15-10-7-6-8-11-15/h4,6-8,10-11,16H,2-3,5,9,12H2,1H3. The maximum absolute atomic E-state index is 13.0. The van der Waals surface area contributed by atoms with Crippen molar-refractivity contribution >= 4 is 10.0 Å². The molecular weight excluding hydrogens is 339 g/mol. The van der Waals surface area contributed by atoms with E-state index >= 15 is 0 Å². The smallest absolute Gasteiger partial charge is 0.217 e. The maximum Gasteiger partial charge on any atom is 0.517 e. The summed E-state index contributed by atoms with van der Waals surface area (Å²) in [7, 11) is -5.55. The molecule has 0 radical (unpaired) electrons. The van der Waals surface area contributed by atoms with E-state index in [4.69, 9.17) is 0 Å². The molecule has 1 unspecified atom stereocenters. The fourth-order valence-electron chi connectivity index (χ4n) is 2.06. The van der Waals surface area contributed by atoms with Gasteiger partial charge in [-0.2, -0.15) is 21.6 Å². The van der Waals surface area contributed by atoms with Gasteiger partial charge < -0.3 is 0 Å². The number of nitrogens with zero attached hydrogens (tertiary/aromatic N) is 1. The van der Waals surface area contributed by atoms with E-state index in [1.165, 1.54) is 6.08 Å². The van der Waals surface area contributed by atoms with Crippen LogP contribution < -0.4 is 0 Å². The number of benzene rings is 1. The zero-order chi connectivity index (χ0) is 18.2. The first-order valence-electron chi connectivity index (χ1n) is 7.52. The van der Waals surface area contributed by atoms with Crippen LogP contribution >= 0.6 is 0 Å². The van der Waals surface area contributed by atoms with E-state index in [1.54, 1.807) is 30.3 Å². The van der Waals surface area contributed by atoms with Crippen LogP contribution in [0.15, 0.2) is 43.0 Å². The summed E-state index contributed by atoms with van der Waals surface area (Å²) in [6, 6.07) is 9.58. The molecule has 132 valence electrons. The van der Waals surface area contributed by atoms with Crippen LogP contribution in [0.25, 0.3) is 0 Å². The minimum atomic E-state index is -5.55. The SMILES string of the molecule is C=CCC(CCCC)N(C#Cc1ccccc1)S(=O)(=O)C(F)(F)F. The van der Waals surface area contributed by atoms with E-state index in [-0.39, 0.29) is 17.1 Å². The van der Waals surface area contributed by atoms with Crippen LogP contribution in [-0.2, 0) is 10.0 Å². The molecule has 1 atom stereocenters. The number of rotatable bonds is 7. The topological polar surface area (TPSA) is 37.4 Å². The van der Waals surface area contributed by atoms with Crippen molar-refractivity contribution in [3.8, 4) is 12.0 Å². The van der Waals surface area contributed by atoms with Gasteiger partial charge in [0.2, 0.25) is 0 Å². The minimum absolute atomic E-state index is 0.0960.